The molecule has 1 amide bonds. The Kier molecular flexibility index (Phi) is 6.34. The van der Waals surface area contributed by atoms with Crippen LogP contribution in [0.1, 0.15) is 113 Å². The number of carbonyl (C=O) groups is 3. The molecule has 0 radical (unpaired) electrons. The zero-order valence-corrected chi connectivity index (χ0v) is 25.0. The number of hydrazine groups is 1. The van der Waals surface area contributed by atoms with Crippen molar-refractivity contribution in [2.75, 3.05) is 0 Å². The Balaban J connectivity index is 1.57. The molecule has 38 heavy (non-hydrogen) atoms. The highest BCUT2D eigenvalue weighted by Crippen LogP contribution is 2.76. The number of carbonyl (C=O) groups excluding carboxylic acids is 3. The number of nitrogens with two attached hydrogens (primary N) is 1. The lowest BCUT2D eigenvalue weighted by atomic mass is 9.33. The normalized spacial score (nSPS) is 45.6. The first-order valence-electron chi connectivity index (χ1n) is 15.1. The molecule has 4 fully saturated rings. The van der Waals surface area contributed by atoms with Gasteiger partial charge in [-0.25, -0.2) is 5.84 Å². The number of ketones is 1. The molecule has 0 aromatic carbocycles. The summed E-state index contributed by atoms with van der Waals surface area (Å²) in [5, 5.41) is 0. The summed E-state index contributed by atoms with van der Waals surface area (Å²) in [6, 6.07) is 0. The van der Waals surface area contributed by atoms with E-state index in [0.29, 0.717) is 18.3 Å². The molecule has 5 aliphatic carbocycles. The Morgan fingerprint density at radius 2 is 1.61 bits per heavy atom. The van der Waals surface area contributed by atoms with Crippen LogP contribution in [0, 0.1) is 50.7 Å². The number of Topliss-reactive ketones (excluding diaryl/α,β-unsaturated/α-hetero) is 1. The Morgan fingerprint density at radius 1 is 0.921 bits per heavy atom. The molecular formula is C32H50N2O4. The lowest BCUT2D eigenvalue weighted by Gasteiger charge is -2.72. The molecule has 8 atom stereocenters. The molecule has 6 heteroatoms. The summed E-state index contributed by atoms with van der Waals surface area (Å²) in [5.41, 5.74) is 3.96. The molecule has 0 bridgehead atoms. The molecule has 1 unspecified atom stereocenters. The maximum Gasteiger partial charge on any atom is 0.302 e. The van der Waals surface area contributed by atoms with E-state index in [9.17, 15) is 14.4 Å². The summed E-state index contributed by atoms with van der Waals surface area (Å²) in [5.74, 6) is 6.93. The van der Waals surface area contributed by atoms with Crippen LogP contribution < -0.4 is 11.3 Å². The first-order chi connectivity index (χ1) is 17.6. The topological polar surface area (TPSA) is 98.5 Å². The Labute approximate surface area is 229 Å². The standard InChI is InChI=1S/C32H50N2O4/c1-18(2)25-21(36)17-32(27(37)34-33)16-15-30(7)20(26(25)32)9-10-23-29(6)13-12-24(38-19(3)35)28(4,5)22(29)11-14-31(23,30)8/h18,20,22-24H,9-17,33H2,1-8H3,(H,34,37)/t20?,22-,23+,24-,29-,30+,31+,32+/m0/s1. The van der Waals surface area contributed by atoms with Gasteiger partial charge in [0.2, 0.25) is 5.91 Å². The van der Waals surface area contributed by atoms with E-state index < -0.39 is 5.41 Å². The molecule has 0 aliphatic heterocycles. The smallest absolute Gasteiger partial charge is 0.302 e. The second-order valence-electron chi connectivity index (χ2n) is 15.2. The lowest BCUT2D eigenvalue weighted by Crippen LogP contribution is -2.66. The van der Waals surface area contributed by atoms with Crippen LogP contribution in [0.25, 0.3) is 0 Å². The third-order valence-electron chi connectivity index (χ3n) is 13.2. The van der Waals surface area contributed by atoms with Crippen molar-refractivity contribution in [1.29, 1.82) is 0 Å². The maximum atomic E-state index is 13.5. The SMILES string of the molecule is CC(=O)O[C@H]1CC[C@]2(C)[C@H]3CCC4C5=C(C(C)C)C(=O)C[C@]5(C(=O)NN)CC[C@@]4(C)[C@]3(C)CC[C@H]2C1(C)C. The van der Waals surface area contributed by atoms with Crippen LogP contribution >= 0.6 is 0 Å². The van der Waals surface area contributed by atoms with Gasteiger partial charge >= 0.3 is 5.97 Å². The van der Waals surface area contributed by atoms with E-state index in [2.05, 4.69) is 53.9 Å². The first kappa shape index (κ1) is 27.9. The average Bonchev–Trinajstić information content (AvgIpc) is 3.14. The highest BCUT2D eigenvalue weighted by molar-refractivity contribution is 6.06. The Bertz CT molecular complexity index is 1090. The minimum Gasteiger partial charge on any atom is -0.462 e. The van der Waals surface area contributed by atoms with Crippen LogP contribution in [-0.4, -0.2) is 23.8 Å². The van der Waals surface area contributed by atoms with Crippen LogP contribution in [-0.2, 0) is 19.1 Å². The van der Waals surface area contributed by atoms with Gasteiger partial charge in [0.15, 0.2) is 5.78 Å². The Morgan fingerprint density at radius 3 is 2.21 bits per heavy atom. The number of hydrogen-bond acceptors (Lipinski definition) is 5. The van der Waals surface area contributed by atoms with Gasteiger partial charge in [0.05, 0.1) is 5.41 Å². The van der Waals surface area contributed by atoms with Gasteiger partial charge in [-0.3, -0.25) is 19.8 Å². The molecule has 0 aromatic heterocycles. The highest BCUT2D eigenvalue weighted by Gasteiger charge is 2.71. The van der Waals surface area contributed by atoms with Crippen molar-refractivity contribution in [2.45, 2.75) is 119 Å². The number of esters is 1. The summed E-state index contributed by atoms with van der Waals surface area (Å²) in [6.07, 6.45) is 8.28. The third kappa shape index (κ3) is 3.37. The molecule has 0 heterocycles. The van der Waals surface area contributed by atoms with Gasteiger partial charge in [0.1, 0.15) is 6.10 Å². The molecule has 6 nitrogen and oxygen atoms in total. The number of ether oxygens (including phenoxy) is 1. The minimum atomic E-state index is -0.774. The number of rotatable bonds is 3. The summed E-state index contributed by atoms with van der Waals surface area (Å²) < 4.78 is 5.88. The van der Waals surface area contributed by atoms with Crippen molar-refractivity contribution in [3.63, 3.8) is 0 Å². The van der Waals surface area contributed by atoms with E-state index in [1.807, 2.05) is 0 Å². The average molecular weight is 527 g/mol. The van der Waals surface area contributed by atoms with Crippen LogP contribution in [0.15, 0.2) is 11.1 Å². The van der Waals surface area contributed by atoms with Gasteiger partial charge in [0.25, 0.3) is 0 Å². The number of nitrogens with one attached hydrogen (secondary N) is 1. The number of amides is 1. The van der Waals surface area contributed by atoms with Crippen molar-refractivity contribution in [3.05, 3.63) is 11.1 Å². The molecule has 212 valence electrons. The Hall–Kier alpha value is -1.69. The summed E-state index contributed by atoms with van der Waals surface area (Å²) in [4.78, 5) is 38.8. The van der Waals surface area contributed by atoms with Crippen molar-refractivity contribution in [3.8, 4) is 0 Å². The van der Waals surface area contributed by atoms with Gasteiger partial charge < -0.3 is 4.74 Å². The zero-order valence-electron chi connectivity index (χ0n) is 25.0. The molecular weight excluding hydrogens is 476 g/mol. The molecule has 0 saturated heterocycles. The second kappa shape index (κ2) is 8.65. The van der Waals surface area contributed by atoms with Crippen LogP contribution in [0.4, 0.5) is 0 Å². The van der Waals surface area contributed by atoms with Crippen molar-refractivity contribution < 1.29 is 19.1 Å². The molecule has 4 saturated carbocycles. The van der Waals surface area contributed by atoms with E-state index in [1.165, 1.54) is 6.92 Å². The van der Waals surface area contributed by atoms with Gasteiger partial charge in [-0.05, 0) is 102 Å². The van der Waals surface area contributed by atoms with Crippen LogP contribution in [0.3, 0.4) is 0 Å². The van der Waals surface area contributed by atoms with Crippen LogP contribution in [0.5, 0.6) is 0 Å². The van der Waals surface area contributed by atoms with E-state index in [4.69, 9.17) is 10.6 Å². The molecule has 5 rings (SSSR count). The zero-order chi connectivity index (χ0) is 28.1. The summed E-state index contributed by atoms with van der Waals surface area (Å²) in [7, 11) is 0. The predicted molar refractivity (Wildman–Crippen MR) is 147 cm³/mol. The number of allylic oxidation sites excluding steroid dienone is 1. The molecule has 0 spiro atoms. The fourth-order valence-electron chi connectivity index (χ4n) is 11.4. The van der Waals surface area contributed by atoms with Crippen LogP contribution in [0.2, 0.25) is 0 Å². The van der Waals surface area contributed by atoms with Gasteiger partial charge in [-0.15, -0.1) is 0 Å². The van der Waals surface area contributed by atoms with E-state index >= 15 is 0 Å². The van der Waals surface area contributed by atoms with Gasteiger partial charge in [0, 0.05) is 18.8 Å². The fraction of sp³-hybridized carbons (Fsp3) is 0.844. The van der Waals surface area contributed by atoms with E-state index in [0.717, 1.165) is 56.1 Å². The second-order valence-corrected chi connectivity index (χ2v) is 15.2. The monoisotopic (exact) mass is 526 g/mol. The van der Waals surface area contributed by atoms with Crippen molar-refractivity contribution >= 4 is 17.7 Å². The summed E-state index contributed by atoms with van der Waals surface area (Å²) in [6.45, 7) is 17.9. The van der Waals surface area contributed by atoms with Crippen molar-refractivity contribution in [1.82, 2.24) is 5.43 Å². The molecule has 3 N–H and O–H groups in total. The highest BCUT2D eigenvalue weighted by atomic mass is 16.5. The quantitative estimate of drug-likeness (QED) is 0.207. The van der Waals surface area contributed by atoms with E-state index in [1.54, 1.807) is 0 Å². The minimum absolute atomic E-state index is 0.0131. The fourth-order valence-corrected chi connectivity index (χ4v) is 11.4. The lowest BCUT2D eigenvalue weighted by molar-refractivity contribution is -0.232. The molecule has 0 aromatic rings. The first-order valence-corrected chi connectivity index (χ1v) is 15.1. The number of fused-ring (bicyclic) bond motifs is 7. The maximum absolute atomic E-state index is 13.5. The molecule has 5 aliphatic rings. The largest absolute Gasteiger partial charge is 0.462 e. The third-order valence-corrected chi connectivity index (χ3v) is 13.2. The van der Waals surface area contributed by atoms with E-state index in [-0.39, 0.29) is 63.7 Å². The number of hydrogen-bond donors (Lipinski definition) is 2. The van der Waals surface area contributed by atoms with Gasteiger partial charge in [-0.2, -0.15) is 0 Å². The van der Waals surface area contributed by atoms with Crippen molar-refractivity contribution in [2.24, 2.45) is 56.6 Å². The predicted octanol–water partition coefficient (Wildman–Crippen LogP) is 5.89. The van der Waals surface area contributed by atoms with Gasteiger partial charge in [-0.1, -0.05) is 48.5 Å². The summed E-state index contributed by atoms with van der Waals surface area (Å²) >= 11 is 0.